The molecule has 100 valence electrons. The van der Waals surface area contributed by atoms with Crippen molar-refractivity contribution in [2.24, 2.45) is 11.8 Å². The molecule has 17 heavy (non-hydrogen) atoms. The molecule has 1 heterocycles. The van der Waals surface area contributed by atoms with Crippen LogP contribution in [0.15, 0.2) is 0 Å². The maximum atomic E-state index is 9.85. The minimum absolute atomic E-state index is 0.104. The molecule has 3 heteroatoms. The molecule has 0 spiro atoms. The molecular weight excluding hydrogens is 212 g/mol. The number of aliphatic hydroxyl groups is 1. The lowest BCUT2D eigenvalue weighted by Gasteiger charge is -2.34. The van der Waals surface area contributed by atoms with Crippen LogP contribution in [0, 0.1) is 11.8 Å². The number of aliphatic hydroxyl groups excluding tert-OH is 1. The second-order valence-electron chi connectivity index (χ2n) is 5.87. The molecule has 2 atom stereocenters. The fourth-order valence-corrected chi connectivity index (χ4v) is 2.89. The van der Waals surface area contributed by atoms with E-state index in [4.69, 9.17) is 0 Å². The van der Waals surface area contributed by atoms with Crippen molar-refractivity contribution in [3.8, 4) is 0 Å². The highest BCUT2D eigenvalue weighted by atomic mass is 16.3. The number of nitrogens with one attached hydrogen (secondary N) is 1. The van der Waals surface area contributed by atoms with E-state index < -0.39 is 0 Å². The van der Waals surface area contributed by atoms with Crippen LogP contribution in [0.1, 0.15) is 39.5 Å². The molecule has 2 aliphatic rings. The smallest absolute Gasteiger partial charge is 0.0692 e. The molecule has 2 unspecified atom stereocenters. The van der Waals surface area contributed by atoms with Crippen LogP contribution in [0.3, 0.4) is 0 Å². The van der Waals surface area contributed by atoms with Gasteiger partial charge in [-0.15, -0.1) is 0 Å². The molecule has 1 aliphatic heterocycles. The van der Waals surface area contributed by atoms with Gasteiger partial charge in [0.05, 0.1) is 6.10 Å². The van der Waals surface area contributed by atoms with E-state index in [1.54, 1.807) is 0 Å². The lowest BCUT2D eigenvalue weighted by Crippen LogP contribution is -2.44. The average Bonchev–Trinajstić information content (AvgIpc) is 3.20. The van der Waals surface area contributed by atoms with Crippen molar-refractivity contribution in [1.82, 2.24) is 10.2 Å². The number of hydrogen-bond donors (Lipinski definition) is 2. The Labute approximate surface area is 106 Å². The first-order valence-corrected chi connectivity index (χ1v) is 7.34. The highest BCUT2D eigenvalue weighted by Gasteiger charge is 2.30. The van der Waals surface area contributed by atoms with Gasteiger partial charge >= 0.3 is 0 Å². The van der Waals surface area contributed by atoms with Gasteiger partial charge in [0, 0.05) is 12.6 Å². The summed E-state index contributed by atoms with van der Waals surface area (Å²) in [4.78, 5) is 2.53. The summed E-state index contributed by atoms with van der Waals surface area (Å²) in [5.74, 6) is 1.39. The van der Waals surface area contributed by atoms with Gasteiger partial charge in [-0.25, -0.2) is 0 Å². The number of piperidine rings is 1. The van der Waals surface area contributed by atoms with Crippen molar-refractivity contribution in [2.45, 2.75) is 51.7 Å². The number of nitrogens with zero attached hydrogens (tertiary/aromatic N) is 1. The topological polar surface area (TPSA) is 35.5 Å². The van der Waals surface area contributed by atoms with Crippen LogP contribution in [0.5, 0.6) is 0 Å². The summed E-state index contributed by atoms with van der Waals surface area (Å²) in [6, 6.07) is 0.558. The first-order valence-electron chi connectivity index (χ1n) is 7.34. The Morgan fingerprint density at radius 1 is 1.18 bits per heavy atom. The van der Waals surface area contributed by atoms with Crippen LogP contribution in [0.2, 0.25) is 0 Å². The second-order valence-corrected chi connectivity index (χ2v) is 5.87. The predicted octanol–water partition coefficient (Wildman–Crippen LogP) is 1.47. The van der Waals surface area contributed by atoms with Gasteiger partial charge in [-0.3, -0.25) is 0 Å². The summed E-state index contributed by atoms with van der Waals surface area (Å²) in [5, 5.41) is 13.4. The fourth-order valence-electron chi connectivity index (χ4n) is 2.89. The van der Waals surface area contributed by atoms with Crippen molar-refractivity contribution in [1.29, 1.82) is 0 Å². The predicted molar refractivity (Wildman–Crippen MR) is 71.0 cm³/mol. The number of likely N-dealkylation sites (tertiary alicyclic amines) is 1. The Balaban J connectivity index is 1.63. The average molecular weight is 240 g/mol. The van der Waals surface area contributed by atoms with E-state index in [-0.39, 0.29) is 6.10 Å². The van der Waals surface area contributed by atoms with Crippen molar-refractivity contribution < 1.29 is 5.11 Å². The highest BCUT2D eigenvalue weighted by Crippen LogP contribution is 2.32. The number of rotatable bonds is 6. The van der Waals surface area contributed by atoms with Gasteiger partial charge in [-0.2, -0.15) is 0 Å². The van der Waals surface area contributed by atoms with Crippen molar-refractivity contribution in [2.75, 3.05) is 26.2 Å². The minimum atomic E-state index is -0.104. The monoisotopic (exact) mass is 240 g/mol. The Kier molecular flexibility index (Phi) is 4.83. The summed E-state index contributed by atoms with van der Waals surface area (Å²) < 4.78 is 0. The lowest BCUT2D eigenvalue weighted by atomic mass is 9.90. The molecule has 0 radical (unpaired) electrons. The van der Waals surface area contributed by atoms with Crippen molar-refractivity contribution in [3.63, 3.8) is 0 Å². The molecule has 0 aromatic carbocycles. The standard InChI is InChI=1S/C14H28N2O/c1-3-16-8-6-12(7-9-16)11(2)15-10-14(17)13-4-5-13/h11-15,17H,3-10H2,1-2H3. The quantitative estimate of drug-likeness (QED) is 0.738. The van der Waals surface area contributed by atoms with Gasteiger partial charge in [0.15, 0.2) is 0 Å². The molecule has 2 fully saturated rings. The Hall–Kier alpha value is -0.120. The van der Waals surface area contributed by atoms with Gasteiger partial charge in [0.25, 0.3) is 0 Å². The molecule has 1 saturated carbocycles. The van der Waals surface area contributed by atoms with E-state index >= 15 is 0 Å². The fraction of sp³-hybridized carbons (Fsp3) is 1.00. The van der Waals surface area contributed by atoms with E-state index in [9.17, 15) is 5.11 Å². The SMILES string of the molecule is CCN1CCC(C(C)NCC(O)C2CC2)CC1. The van der Waals surface area contributed by atoms with Crippen LogP contribution >= 0.6 is 0 Å². The van der Waals surface area contributed by atoms with Gasteiger partial charge in [-0.1, -0.05) is 6.92 Å². The third kappa shape index (κ3) is 3.94. The molecule has 0 aromatic rings. The molecule has 1 saturated heterocycles. The van der Waals surface area contributed by atoms with E-state index in [1.165, 1.54) is 45.3 Å². The Morgan fingerprint density at radius 2 is 1.82 bits per heavy atom. The highest BCUT2D eigenvalue weighted by molar-refractivity contribution is 4.85. The minimum Gasteiger partial charge on any atom is -0.392 e. The molecule has 2 N–H and O–H groups in total. The van der Waals surface area contributed by atoms with Gasteiger partial charge in [0.1, 0.15) is 0 Å². The third-order valence-corrected chi connectivity index (χ3v) is 4.60. The zero-order valence-electron chi connectivity index (χ0n) is 11.4. The van der Waals surface area contributed by atoms with Gasteiger partial charge < -0.3 is 15.3 Å². The summed E-state index contributed by atoms with van der Waals surface area (Å²) in [6.45, 7) is 9.01. The van der Waals surface area contributed by atoms with E-state index in [0.717, 1.165) is 12.5 Å². The molecule has 3 nitrogen and oxygen atoms in total. The first kappa shape index (κ1) is 13.3. The van der Waals surface area contributed by atoms with Gasteiger partial charge in [-0.05, 0) is 64.1 Å². The molecule has 0 aromatic heterocycles. The Morgan fingerprint density at radius 3 is 2.35 bits per heavy atom. The molecular formula is C14H28N2O. The van der Waals surface area contributed by atoms with Crippen molar-refractivity contribution >= 4 is 0 Å². The van der Waals surface area contributed by atoms with Crippen molar-refractivity contribution in [3.05, 3.63) is 0 Å². The normalized spacial score (nSPS) is 27.0. The zero-order chi connectivity index (χ0) is 12.3. The second kappa shape index (κ2) is 6.17. The maximum absolute atomic E-state index is 9.85. The first-order chi connectivity index (χ1) is 8.20. The Bertz CT molecular complexity index is 222. The number of hydrogen-bond acceptors (Lipinski definition) is 3. The third-order valence-electron chi connectivity index (χ3n) is 4.60. The molecule has 1 aliphatic carbocycles. The van der Waals surface area contributed by atoms with E-state index in [2.05, 4.69) is 24.1 Å². The molecule has 0 amide bonds. The summed E-state index contributed by atoms with van der Waals surface area (Å²) in [7, 11) is 0. The van der Waals surface area contributed by atoms with E-state index in [1.807, 2.05) is 0 Å². The maximum Gasteiger partial charge on any atom is 0.0692 e. The lowest BCUT2D eigenvalue weighted by molar-refractivity contribution is 0.128. The van der Waals surface area contributed by atoms with Crippen LogP contribution in [-0.4, -0.2) is 48.3 Å². The summed E-state index contributed by atoms with van der Waals surface area (Å²) in [6.07, 6.45) is 4.97. The van der Waals surface area contributed by atoms with Crippen LogP contribution in [-0.2, 0) is 0 Å². The molecule has 0 bridgehead atoms. The molecule has 2 rings (SSSR count). The van der Waals surface area contributed by atoms with Crippen LogP contribution < -0.4 is 5.32 Å². The van der Waals surface area contributed by atoms with Gasteiger partial charge in [0.2, 0.25) is 0 Å². The summed E-state index contributed by atoms with van der Waals surface area (Å²) in [5.41, 5.74) is 0. The zero-order valence-corrected chi connectivity index (χ0v) is 11.4. The largest absolute Gasteiger partial charge is 0.392 e. The van der Waals surface area contributed by atoms with Crippen LogP contribution in [0.4, 0.5) is 0 Å². The summed E-state index contributed by atoms with van der Waals surface area (Å²) >= 11 is 0. The van der Waals surface area contributed by atoms with E-state index in [0.29, 0.717) is 12.0 Å². The van der Waals surface area contributed by atoms with Crippen LogP contribution in [0.25, 0.3) is 0 Å².